The Morgan fingerprint density at radius 2 is 2.06 bits per heavy atom. The maximum atomic E-state index is 12.7. The summed E-state index contributed by atoms with van der Waals surface area (Å²) in [6.45, 7) is 2.85. The number of aryl methyl sites for hydroxylation is 1. The fourth-order valence-electron chi connectivity index (χ4n) is 2.09. The highest BCUT2D eigenvalue weighted by Gasteiger charge is 2.62. The minimum atomic E-state index is -4.31. The van der Waals surface area contributed by atoms with Crippen LogP contribution in [0.4, 0.5) is 13.2 Å². The first-order valence-electron chi connectivity index (χ1n) is 5.70. The van der Waals surface area contributed by atoms with Crippen molar-refractivity contribution in [1.29, 1.82) is 0 Å². The number of aromatic nitrogens is 2. The van der Waals surface area contributed by atoms with Crippen molar-refractivity contribution in [2.75, 3.05) is 26.7 Å². The van der Waals surface area contributed by atoms with E-state index in [0.29, 0.717) is 13.1 Å². The molecule has 2 heterocycles. The molecule has 1 aromatic heterocycles. The zero-order valence-corrected chi connectivity index (χ0v) is 10.4. The molecule has 102 valence electrons. The van der Waals surface area contributed by atoms with Gasteiger partial charge in [-0.15, -0.1) is 0 Å². The van der Waals surface area contributed by atoms with Crippen molar-refractivity contribution in [3.63, 3.8) is 0 Å². The lowest BCUT2D eigenvalue weighted by Gasteiger charge is -2.49. The standard InChI is InChI=1S/C11H16F3N3O/c1-9-5-15-17(6-9)4-3-16-7-10(8-16,18-2)11(12,13)14/h5-6H,3-4,7-8H2,1-2H3. The highest BCUT2D eigenvalue weighted by atomic mass is 19.4. The van der Waals surface area contributed by atoms with Gasteiger partial charge in [0.1, 0.15) is 0 Å². The lowest BCUT2D eigenvalue weighted by Crippen LogP contribution is -2.70. The number of rotatable bonds is 4. The third-order valence-electron chi connectivity index (χ3n) is 3.27. The fourth-order valence-corrected chi connectivity index (χ4v) is 2.09. The van der Waals surface area contributed by atoms with Gasteiger partial charge in [0, 0.05) is 32.9 Å². The molecule has 0 unspecified atom stereocenters. The van der Waals surface area contributed by atoms with Crippen molar-refractivity contribution in [3.05, 3.63) is 18.0 Å². The molecule has 0 aliphatic carbocycles. The van der Waals surface area contributed by atoms with Crippen LogP contribution in [0.3, 0.4) is 0 Å². The molecule has 4 nitrogen and oxygen atoms in total. The Morgan fingerprint density at radius 3 is 2.50 bits per heavy atom. The predicted octanol–water partition coefficient (Wildman–Crippen LogP) is 1.45. The molecule has 0 N–H and O–H groups in total. The summed E-state index contributed by atoms with van der Waals surface area (Å²) in [7, 11) is 1.11. The van der Waals surface area contributed by atoms with Crippen molar-refractivity contribution < 1.29 is 17.9 Å². The third-order valence-corrected chi connectivity index (χ3v) is 3.27. The van der Waals surface area contributed by atoms with E-state index in [4.69, 9.17) is 0 Å². The monoisotopic (exact) mass is 263 g/mol. The van der Waals surface area contributed by atoms with Crippen LogP contribution < -0.4 is 0 Å². The molecule has 1 fully saturated rings. The second-order valence-corrected chi connectivity index (χ2v) is 4.69. The van der Waals surface area contributed by atoms with Crippen LogP contribution in [0.2, 0.25) is 0 Å². The lowest BCUT2D eigenvalue weighted by atomic mass is 9.93. The Kier molecular flexibility index (Phi) is 3.37. The summed E-state index contributed by atoms with van der Waals surface area (Å²) in [5.41, 5.74) is -0.937. The van der Waals surface area contributed by atoms with Crippen LogP contribution >= 0.6 is 0 Å². The van der Waals surface area contributed by atoms with Gasteiger partial charge >= 0.3 is 6.18 Å². The third kappa shape index (κ3) is 2.37. The van der Waals surface area contributed by atoms with E-state index in [1.54, 1.807) is 15.8 Å². The van der Waals surface area contributed by atoms with E-state index in [0.717, 1.165) is 12.7 Å². The molecule has 1 aromatic rings. The smallest absolute Gasteiger partial charge is 0.366 e. The lowest BCUT2D eigenvalue weighted by molar-refractivity contribution is -0.310. The van der Waals surface area contributed by atoms with Gasteiger partial charge in [0.05, 0.1) is 12.7 Å². The molecule has 0 saturated carbocycles. The molecular weight excluding hydrogens is 247 g/mol. The molecule has 0 aromatic carbocycles. The van der Waals surface area contributed by atoms with Crippen molar-refractivity contribution in [2.24, 2.45) is 0 Å². The average Bonchev–Trinajstić information content (AvgIpc) is 2.60. The number of nitrogens with zero attached hydrogens (tertiary/aromatic N) is 3. The topological polar surface area (TPSA) is 30.3 Å². The van der Waals surface area contributed by atoms with Gasteiger partial charge in [-0.25, -0.2) is 0 Å². The van der Waals surface area contributed by atoms with Gasteiger partial charge in [-0.05, 0) is 12.5 Å². The normalized spacial score (nSPS) is 19.8. The van der Waals surface area contributed by atoms with Gasteiger partial charge in [-0.2, -0.15) is 18.3 Å². The van der Waals surface area contributed by atoms with Gasteiger partial charge < -0.3 is 4.74 Å². The van der Waals surface area contributed by atoms with Crippen LogP contribution in [-0.2, 0) is 11.3 Å². The molecule has 0 spiro atoms. The minimum absolute atomic E-state index is 0.104. The first-order valence-corrected chi connectivity index (χ1v) is 5.70. The van der Waals surface area contributed by atoms with E-state index in [1.807, 2.05) is 13.1 Å². The van der Waals surface area contributed by atoms with E-state index >= 15 is 0 Å². The zero-order valence-electron chi connectivity index (χ0n) is 10.4. The molecule has 18 heavy (non-hydrogen) atoms. The highest BCUT2D eigenvalue weighted by molar-refractivity contribution is 5.03. The van der Waals surface area contributed by atoms with Crippen molar-refractivity contribution >= 4 is 0 Å². The molecule has 0 amide bonds. The van der Waals surface area contributed by atoms with Gasteiger partial charge in [-0.3, -0.25) is 9.58 Å². The first-order chi connectivity index (χ1) is 8.36. The molecule has 0 atom stereocenters. The molecule has 0 bridgehead atoms. The SMILES string of the molecule is COC1(C(F)(F)F)CN(CCn2cc(C)cn2)C1. The molecular formula is C11H16F3N3O. The number of methoxy groups -OCH3 is 1. The molecule has 1 saturated heterocycles. The van der Waals surface area contributed by atoms with Crippen molar-refractivity contribution in [2.45, 2.75) is 25.2 Å². The number of likely N-dealkylation sites (tertiary alicyclic amines) is 1. The van der Waals surface area contributed by atoms with E-state index in [-0.39, 0.29) is 13.1 Å². The summed E-state index contributed by atoms with van der Waals surface area (Å²) in [5, 5.41) is 4.09. The Labute approximate surface area is 103 Å². The van der Waals surface area contributed by atoms with E-state index in [9.17, 15) is 13.2 Å². The highest BCUT2D eigenvalue weighted by Crippen LogP contribution is 2.40. The molecule has 1 aliphatic rings. The summed E-state index contributed by atoms with van der Waals surface area (Å²) in [5.74, 6) is 0. The second-order valence-electron chi connectivity index (χ2n) is 4.69. The van der Waals surface area contributed by atoms with Gasteiger partial charge in [-0.1, -0.05) is 0 Å². The Bertz CT molecular complexity index is 410. The van der Waals surface area contributed by atoms with Crippen molar-refractivity contribution in [1.82, 2.24) is 14.7 Å². The van der Waals surface area contributed by atoms with Crippen LogP contribution in [0.5, 0.6) is 0 Å². The molecule has 1 aliphatic heterocycles. The van der Waals surface area contributed by atoms with Crippen LogP contribution in [0.25, 0.3) is 0 Å². The van der Waals surface area contributed by atoms with Crippen LogP contribution in [-0.4, -0.2) is 53.2 Å². The second kappa shape index (κ2) is 4.55. The van der Waals surface area contributed by atoms with E-state index < -0.39 is 11.8 Å². The molecule has 2 rings (SSSR count). The zero-order chi connectivity index (χ0) is 13.4. The summed E-state index contributed by atoms with van der Waals surface area (Å²) in [6, 6.07) is 0. The summed E-state index contributed by atoms with van der Waals surface area (Å²) in [4.78, 5) is 1.72. The van der Waals surface area contributed by atoms with Gasteiger partial charge in [0.2, 0.25) is 0 Å². The van der Waals surface area contributed by atoms with Crippen molar-refractivity contribution in [3.8, 4) is 0 Å². The number of ether oxygens (including phenoxy) is 1. The number of hydrogen-bond donors (Lipinski definition) is 0. The summed E-state index contributed by atoms with van der Waals surface area (Å²) < 4.78 is 44.5. The maximum absolute atomic E-state index is 12.7. The quantitative estimate of drug-likeness (QED) is 0.823. The van der Waals surface area contributed by atoms with Gasteiger partial charge in [0.15, 0.2) is 5.60 Å². The molecule has 7 heteroatoms. The Hall–Kier alpha value is -1.08. The van der Waals surface area contributed by atoms with E-state index in [2.05, 4.69) is 9.84 Å². The number of alkyl halides is 3. The van der Waals surface area contributed by atoms with E-state index in [1.165, 1.54) is 0 Å². The van der Waals surface area contributed by atoms with Crippen LogP contribution in [0.1, 0.15) is 5.56 Å². The van der Waals surface area contributed by atoms with Crippen LogP contribution in [0, 0.1) is 6.92 Å². The van der Waals surface area contributed by atoms with Crippen LogP contribution in [0.15, 0.2) is 12.4 Å². The fraction of sp³-hybridized carbons (Fsp3) is 0.727. The van der Waals surface area contributed by atoms with Gasteiger partial charge in [0.25, 0.3) is 0 Å². The maximum Gasteiger partial charge on any atom is 0.419 e. The average molecular weight is 263 g/mol. The minimum Gasteiger partial charge on any atom is -0.366 e. The Morgan fingerprint density at radius 1 is 1.39 bits per heavy atom. The first kappa shape index (κ1) is 13.4. The molecule has 0 radical (unpaired) electrons. The Balaban J connectivity index is 1.82. The summed E-state index contributed by atoms with van der Waals surface area (Å²) >= 11 is 0. The largest absolute Gasteiger partial charge is 0.419 e. The number of hydrogen-bond acceptors (Lipinski definition) is 3. The predicted molar refractivity (Wildman–Crippen MR) is 59.2 cm³/mol. The number of halogens is 3. The summed E-state index contributed by atoms with van der Waals surface area (Å²) in [6.07, 6.45) is -0.709.